The highest BCUT2D eigenvalue weighted by Gasteiger charge is 2.29. The summed E-state index contributed by atoms with van der Waals surface area (Å²) in [6.07, 6.45) is 5.44. The molecule has 2 rings (SSSR count). The molecule has 0 amide bonds. The number of hydrogen-bond acceptors (Lipinski definition) is 2. The Labute approximate surface area is 118 Å². The van der Waals surface area contributed by atoms with Gasteiger partial charge in [-0.2, -0.15) is 0 Å². The van der Waals surface area contributed by atoms with Gasteiger partial charge in [-0.3, -0.25) is 4.90 Å². The average Bonchev–Trinajstić information content (AvgIpc) is 2.42. The minimum Gasteiger partial charge on any atom is -0.329 e. The smallest absolute Gasteiger partial charge is 0.0470 e. The second kappa shape index (κ2) is 6.53. The van der Waals surface area contributed by atoms with Crippen molar-refractivity contribution in [2.45, 2.75) is 51.6 Å². The Balaban J connectivity index is 2.13. The largest absolute Gasteiger partial charge is 0.329 e. The van der Waals surface area contributed by atoms with Crippen molar-refractivity contribution in [2.24, 2.45) is 11.7 Å². The van der Waals surface area contributed by atoms with Gasteiger partial charge in [0.05, 0.1) is 0 Å². The molecule has 1 saturated carbocycles. The van der Waals surface area contributed by atoms with Crippen LogP contribution in [0.2, 0.25) is 0 Å². The fourth-order valence-electron chi connectivity index (χ4n) is 3.46. The van der Waals surface area contributed by atoms with Gasteiger partial charge < -0.3 is 5.73 Å². The van der Waals surface area contributed by atoms with E-state index in [0.717, 1.165) is 5.92 Å². The van der Waals surface area contributed by atoms with Crippen LogP contribution in [0.4, 0.5) is 0 Å². The number of hydrogen-bond donors (Lipinski definition) is 1. The minimum absolute atomic E-state index is 0.353. The maximum Gasteiger partial charge on any atom is 0.0470 e. The molecule has 2 nitrogen and oxygen atoms in total. The molecule has 3 atom stereocenters. The Morgan fingerprint density at radius 2 is 1.84 bits per heavy atom. The van der Waals surface area contributed by atoms with Gasteiger partial charge in [-0.25, -0.2) is 0 Å². The second-order valence-corrected chi connectivity index (χ2v) is 6.16. The van der Waals surface area contributed by atoms with E-state index >= 15 is 0 Å². The molecule has 3 unspecified atom stereocenters. The summed E-state index contributed by atoms with van der Waals surface area (Å²) < 4.78 is 0. The van der Waals surface area contributed by atoms with Gasteiger partial charge in [0.1, 0.15) is 0 Å². The summed E-state index contributed by atoms with van der Waals surface area (Å²) in [5, 5.41) is 0. The number of rotatable bonds is 4. The van der Waals surface area contributed by atoms with Crippen molar-refractivity contribution >= 4 is 0 Å². The SMILES string of the molecule is Cc1ccc(C(CN)N(C)C2CCCCC2C)cc1. The van der Waals surface area contributed by atoms with Crippen LogP contribution in [0.5, 0.6) is 0 Å². The molecule has 2 heteroatoms. The summed E-state index contributed by atoms with van der Waals surface area (Å²) in [6, 6.07) is 9.88. The minimum atomic E-state index is 0.353. The predicted molar refractivity (Wildman–Crippen MR) is 82.2 cm³/mol. The van der Waals surface area contributed by atoms with Crippen LogP contribution in [0.1, 0.15) is 49.8 Å². The topological polar surface area (TPSA) is 29.3 Å². The van der Waals surface area contributed by atoms with Gasteiger partial charge in [0.25, 0.3) is 0 Å². The molecule has 106 valence electrons. The lowest BCUT2D eigenvalue weighted by molar-refractivity contribution is 0.0992. The van der Waals surface area contributed by atoms with E-state index in [9.17, 15) is 0 Å². The summed E-state index contributed by atoms with van der Waals surface area (Å²) in [7, 11) is 2.25. The third-order valence-corrected chi connectivity index (χ3v) is 4.77. The van der Waals surface area contributed by atoms with E-state index in [1.807, 2.05) is 0 Å². The van der Waals surface area contributed by atoms with Crippen LogP contribution in [0, 0.1) is 12.8 Å². The third-order valence-electron chi connectivity index (χ3n) is 4.77. The van der Waals surface area contributed by atoms with Crippen molar-refractivity contribution < 1.29 is 0 Å². The molecule has 0 bridgehead atoms. The van der Waals surface area contributed by atoms with Gasteiger partial charge in [0, 0.05) is 18.6 Å². The Morgan fingerprint density at radius 3 is 2.42 bits per heavy atom. The average molecular weight is 260 g/mol. The van der Waals surface area contributed by atoms with Gasteiger partial charge in [-0.1, -0.05) is 49.6 Å². The molecule has 1 aromatic carbocycles. The second-order valence-electron chi connectivity index (χ2n) is 6.16. The number of nitrogens with zero attached hydrogens (tertiary/aromatic N) is 1. The van der Waals surface area contributed by atoms with Crippen molar-refractivity contribution in [1.29, 1.82) is 0 Å². The molecule has 1 aromatic rings. The first kappa shape index (κ1) is 14.5. The third kappa shape index (κ3) is 3.37. The first-order chi connectivity index (χ1) is 9.13. The molecular weight excluding hydrogens is 232 g/mol. The van der Waals surface area contributed by atoms with E-state index in [4.69, 9.17) is 5.73 Å². The number of nitrogens with two attached hydrogens (primary N) is 1. The molecule has 1 aliphatic carbocycles. The Bertz CT molecular complexity index is 385. The van der Waals surface area contributed by atoms with E-state index in [0.29, 0.717) is 18.6 Å². The standard InChI is InChI=1S/C17H28N2/c1-13-8-10-15(11-9-13)17(12-18)19(3)16-7-5-4-6-14(16)2/h8-11,14,16-17H,4-7,12,18H2,1-3H3. The van der Waals surface area contributed by atoms with Gasteiger partial charge in [-0.15, -0.1) is 0 Å². The number of likely N-dealkylation sites (N-methyl/N-ethyl adjacent to an activating group) is 1. The highest BCUT2D eigenvalue weighted by Crippen LogP contribution is 2.32. The molecule has 0 aliphatic heterocycles. The van der Waals surface area contributed by atoms with Crippen LogP contribution in [0.15, 0.2) is 24.3 Å². The van der Waals surface area contributed by atoms with Crippen LogP contribution in [0.25, 0.3) is 0 Å². The maximum absolute atomic E-state index is 6.05. The van der Waals surface area contributed by atoms with Crippen LogP contribution in [-0.2, 0) is 0 Å². The normalized spacial score (nSPS) is 25.5. The number of benzene rings is 1. The molecule has 0 radical (unpaired) electrons. The van der Waals surface area contributed by atoms with Gasteiger partial charge in [0.15, 0.2) is 0 Å². The molecule has 0 saturated heterocycles. The Hall–Kier alpha value is -0.860. The Kier molecular flexibility index (Phi) is 5.00. The van der Waals surface area contributed by atoms with E-state index in [1.54, 1.807) is 0 Å². The summed E-state index contributed by atoms with van der Waals surface area (Å²) in [6.45, 7) is 5.22. The lowest BCUT2D eigenvalue weighted by Gasteiger charge is -2.40. The predicted octanol–water partition coefficient (Wildman–Crippen LogP) is 3.51. The monoisotopic (exact) mass is 260 g/mol. The summed E-state index contributed by atoms with van der Waals surface area (Å²) in [5.41, 5.74) is 8.72. The van der Waals surface area contributed by atoms with Crippen molar-refractivity contribution in [3.63, 3.8) is 0 Å². The molecule has 1 aliphatic rings. The van der Waals surface area contributed by atoms with Crippen molar-refractivity contribution in [3.8, 4) is 0 Å². The van der Waals surface area contributed by atoms with Gasteiger partial charge >= 0.3 is 0 Å². The van der Waals surface area contributed by atoms with E-state index in [-0.39, 0.29) is 0 Å². The zero-order valence-corrected chi connectivity index (χ0v) is 12.6. The molecule has 0 spiro atoms. The van der Waals surface area contributed by atoms with Crippen LogP contribution in [-0.4, -0.2) is 24.5 Å². The van der Waals surface area contributed by atoms with Crippen LogP contribution in [0.3, 0.4) is 0 Å². The summed E-state index contributed by atoms with van der Waals surface area (Å²) in [4.78, 5) is 2.52. The van der Waals surface area contributed by atoms with Gasteiger partial charge in [0.2, 0.25) is 0 Å². The van der Waals surface area contributed by atoms with E-state index in [1.165, 1.54) is 36.8 Å². The lowest BCUT2D eigenvalue weighted by Crippen LogP contribution is -2.43. The molecule has 2 N–H and O–H groups in total. The highest BCUT2D eigenvalue weighted by molar-refractivity contribution is 5.24. The zero-order chi connectivity index (χ0) is 13.8. The molecule has 0 heterocycles. The fraction of sp³-hybridized carbons (Fsp3) is 0.647. The molecule has 0 aromatic heterocycles. The van der Waals surface area contributed by atoms with E-state index in [2.05, 4.69) is 50.1 Å². The van der Waals surface area contributed by atoms with Crippen molar-refractivity contribution in [3.05, 3.63) is 35.4 Å². The Morgan fingerprint density at radius 1 is 1.21 bits per heavy atom. The van der Waals surface area contributed by atoms with Crippen molar-refractivity contribution in [2.75, 3.05) is 13.6 Å². The van der Waals surface area contributed by atoms with Crippen molar-refractivity contribution in [1.82, 2.24) is 4.90 Å². The molecular formula is C17H28N2. The molecule has 19 heavy (non-hydrogen) atoms. The first-order valence-corrected chi connectivity index (χ1v) is 7.62. The van der Waals surface area contributed by atoms with Crippen LogP contribution < -0.4 is 5.73 Å². The maximum atomic E-state index is 6.05. The quantitative estimate of drug-likeness (QED) is 0.897. The zero-order valence-electron chi connectivity index (χ0n) is 12.6. The van der Waals surface area contributed by atoms with E-state index < -0.39 is 0 Å². The highest BCUT2D eigenvalue weighted by atomic mass is 15.2. The van der Waals surface area contributed by atoms with Gasteiger partial charge in [-0.05, 0) is 38.3 Å². The first-order valence-electron chi connectivity index (χ1n) is 7.62. The lowest BCUT2D eigenvalue weighted by atomic mass is 9.84. The number of aryl methyl sites for hydroxylation is 1. The summed E-state index contributed by atoms with van der Waals surface area (Å²) >= 11 is 0. The summed E-state index contributed by atoms with van der Waals surface area (Å²) in [5.74, 6) is 0.790. The van der Waals surface area contributed by atoms with Crippen LogP contribution >= 0.6 is 0 Å². The fourth-order valence-corrected chi connectivity index (χ4v) is 3.46. The molecule has 1 fully saturated rings.